The van der Waals surface area contributed by atoms with Gasteiger partial charge in [-0.25, -0.2) is 8.78 Å². The van der Waals surface area contributed by atoms with Crippen molar-refractivity contribution in [1.29, 1.82) is 5.26 Å². The molecule has 4 heteroatoms. The Morgan fingerprint density at radius 1 is 1.07 bits per heavy atom. The molecule has 0 aliphatic heterocycles. The van der Waals surface area contributed by atoms with Crippen LogP contribution in [0.5, 0.6) is 0 Å². The van der Waals surface area contributed by atoms with Gasteiger partial charge in [0, 0.05) is 11.6 Å². The number of hydrogen-bond acceptors (Lipinski definition) is 2. The zero-order valence-corrected chi connectivity index (χ0v) is 7.50. The van der Waals surface area contributed by atoms with E-state index in [2.05, 4.69) is 0 Å². The molecule has 0 radical (unpaired) electrons. The third-order valence-electron chi connectivity index (χ3n) is 1.86. The Bertz CT molecular complexity index is 520. The Kier molecular flexibility index (Phi) is 2.22. The second-order valence-electron chi connectivity index (χ2n) is 2.93. The Hall–Kier alpha value is -2.15. The lowest BCUT2D eigenvalue weighted by Crippen LogP contribution is -1.82. The molecule has 0 aliphatic carbocycles. The normalized spacial score (nSPS) is 9.93. The number of hydrogen-bond donors (Lipinski definition) is 0. The molecule has 0 fully saturated rings. The first-order valence-corrected chi connectivity index (χ1v) is 4.15. The average Bonchev–Trinajstić information content (AvgIpc) is 2.64. The van der Waals surface area contributed by atoms with Crippen molar-refractivity contribution >= 4 is 0 Å². The first-order valence-electron chi connectivity index (χ1n) is 4.15. The molecule has 0 bridgehead atoms. The maximum absolute atomic E-state index is 12.9. The first-order chi connectivity index (χ1) is 7.19. The van der Waals surface area contributed by atoms with E-state index in [9.17, 15) is 8.78 Å². The number of nitriles is 1. The topological polar surface area (TPSA) is 36.9 Å². The molecule has 2 nitrogen and oxygen atoms in total. The van der Waals surface area contributed by atoms with Crippen LogP contribution in [-0.4, -0.2) is 0 Å². The molecule has 1 aromatic heterocycles. The van der Waals surface area contributed by atoms with Gasteiger partial charge < -0.3 is 4.42 Å². The van der Waals surface area contributed by atoms with Crippen molar-refractivity contribution in [2.75, 3.05) is 0 Å². The van der Waals surface area contributed by atoms with E-state index in [0.29, 0.717) is 0 Å². The van der Waals surface area contributed by atoms with Crippen molar-refractivity contribution in [3.05, 3.63) is 47.7 Å². The van der Waals surface area contributed by atoms with Gasteiger partial charge in [-0.05, 0) is 24.3 Å². The van der Waals surface area contributed by atoms with Gasteiger partial charge in [0.2, 0.25) is 5.76 Å². The van der Waals surface area contributed by atoms with Crippen molar-refractivity contribution in [2.45, 2.75) is 0 Å². The van der Waals surface area contributed by atoms with E-state index in [1.165, 1.54) is 12.1 Å². The monoisotopic (exact) mass is 205 g/mol. The minimum absolute atomic E-state index is 0.106. The predicted octanol–water partition coefficient (Wildman–Crippen LogP) is 3.10. The number of halogens is 2. The van der Waals surface area contributed by atoms with Crippen LogP contribution >= 0.6 is 0 Å². The molecule has 0 N–H and O–H groups in total. The molecule has 1 aromatic carbocycles. The highest BCUT2D eigenvalue weighted by atomic mass is 19.1. The van der Waals surface area contributed by atoms with Crippen LogP contribution in [-0.2, 0) is 0 Å². The fraction of sp³-hybridized carbons (Fsp3) is 0. The Morgan fingerprint density at radius 2 is 1.73 bits per heavy atom. The maximum atomic E-state index is 12.9. The summed E-state index contributed by atoms with van der Waals surface area (Å²) in [5.74, 6) is -0.987. The summed E-state index contributed by atoms with van der Waals surface area (Å²) >= 11 is 0. The average molecular weight is 205 g/mol. The lowest BCUT2D eigenvalue weighted by atomic mass is 10.1. The number of rotatable bonds is 1. The zero-order chi connectivity index (χ0) is 10.8. The Labute approximate surface area is 84.4 Å². The molecular weight excluding hydrogens is 200 g/mol. The second kappa shape index (κ2) is 3.54. The molecule has 0 spiro atoms. The summed E-state index contributed by atoms with van der Waals surface area (Å²) in [6, 6.07) is 7.79. The molecule has 0 unspecified atom stereocenters. The van der Waals surface area contributed by atoms with Crippen molar-refractivity contribution in [3.63, 3.8) is 0 Å². The van der Waals surface area contributed by atoms with Gasteiger partial charge in [0.05, 0.1) is 0 Å². The fourth-order valence-electron chi connectivity index (χ4n) is 1.25. The van der Waals surface area contributed by atoms with E-state index in [1.54, 1.807) is 6.07 Å². The molecule has 2 aromatic rings. The number of furan rings is 1. The molecule has 1 heterocycles. The highest BCUT2D eigenvalue weighted by Crippen LogP contribution is 2.23. The number of benzene rings is 1. The van der Waals surface area contributed by atoms with E-state index in [0.717, 1.165) is 18.2 Å². The van der Waals surface area contributed by atoms with Gasteiger partial charge in [-0.2, -0.15) is 5.26 Å². The summed E-state index contributed by atoms with van der Waals surface area (Å²) < 4.78 is 30.7. The summed E-state index contributed by atoms with van der Waals surface area (Å²) in [4.78, 5) is 0. The van der Waals surface area contributed by atoms with Gasteiger partial charge in [-0.3, -0.25) is 0 Å². The quantitative estimate of drug-likeness (QED) is 0.717. The molecular formula is C11H5F2NO. The van der Waals surface area contributed by atoms with Crippen molar-refractivity contribution < 1.29 is 13.2 Å². The van der Waals surface area contributed by atoms with Crippen LogP contribution in [0, 0.1) is 23.0 Å². The highest BCUT2D eigenvalue weighted by Gasteiger charge is 2.07. The van der Waals surface area contributed by atoms with Crippen molar-refractivity contribution in [2.24, 2.45) is 0 Å². The van der Waals surface area contributed by atoms with Crippen LogP contribution in [0.4, 0.5) is 8.78 Å². The molecule has 0 aliphatic rings. The summed E-state index contributed by atoms with van der Waals surface area (Å²) in [5, 5.41) is 8.52. The lowest BCUT2D eigenvalue weighted by molar-refractivity contribution is 0.559. The van der Waals surface area contributed by atoms with Gasteiger partial charge in [-0.1, -0.05) is 0 Å². The van der Waals surface area contributed by atoms with Gasteiger partial charge >= 0.3 is 0 Å². The summed E-state index contributed by atoms with van der Waals surface area (Å²) in [5.41, 5.74) is 0.272. The van der Waals surface area contributed by atoms with E-state index in [4.69, 9.17) is 9.68 Å². The number of nitrogens with zero attached hydrogens (tertiary/aromatic N) is 1. The van der Waals surface area contributed by atoms with Crippen LogP contribution in [0.25, 0.3) is 11.3 Å². The Morgan fingerprint density at radius 3 is 2.27 bits per heavy atom. The summed E-state index contributed by atoms with van der Waals surface area (Å²) in [6.07, 6.45) is 0. The molecule has 0 atom stereocenters. The van der Waals surface area contributed by atoms with Crippen LogP contribution in [0.3, 0.4) is 0 Å². The second-order valence-corrected chi connectivity index (χ2v) is 2.93. The first kappa shape index (κ1) is 9.41. The van der Waals surface area contributed by atoms with Gasteiger partial charge in [0.15, 0.2) is 0 Å². The van der Waals surface area contributed by atoms with Gasteiger partial charge in [0.1, 0.15) is 23.5 Å². The smallest absolute Gasteiger partial charge is 0.204 e. The van der Waals surface area contributed by atoms with E-state index >= 15 is 0 Å². The standard InChI is InChI=1S/C11H5F2NO/c12-8-3-7(4-9(13)5-8)11-2-1-10(6-14)15-11/h1-5H. The van der Waals surface area contributed by atoms with E-state index < -0.39 is 11.6 Å². The largest absolute Gasteiger partial charge is 0.446 e. The molecule has 15 heavy (non-hydrogen) atoms. The summed E-state index contributed by atoms with van der Waals surface area (Å²) in [7, 11) is 0. The minimum Gasteiger partial charge on any atom is -0.446 e. The van der Waals surface area contributed by atoms with Crippen molar-refractivity contribution in [3.8, 4) is 17.4 Å². The van der Waals surface area contributed by atoms with Crippen LogP contribution < -0.4 is 0 Å². The van der Waals surface area contributed by atoms with Crippen LogP contribution in [0.2, 0.25) is 0 Å². The van der Waals surface area contributed by atoms with Crippen LogP contribution in [0.15, 0.2) is 34.7 Å². The molecule has 0 saturated heterocycles. The minimum atomic E-state index is -0.681. The highest BCUT2D eigenvalue weighted by molar-refractivity contribution is 5.58. The van der Waals surface area contributed by atoms with E-state index in [-0.39, 0.29) is 17.1 Å². The third kappa shape index (κ3) is 1.86. The maximum Gasteiger partial charge on any atom is 0.204 e. The van der Waals surface area contributed by atoms with Gasteiger partial charge in [0.25, 0.3) is 0 Å². The summed E-state index contributed by atoms with van der Waals surface area (Å²) in [6.45, 7) is 0. The molecule has 2 rings (SSSR count). The van der Waals surface area contributed by atoms with Crippen molar-refractivity contribution in [1.82, 2.24) is 0 Å². The fourth-order valence-corrected chi connectivity index (χ4v) is 1.25. The molecule has 0 saturated carbocycles. The van der Waals surface area contributed by atoms with Gasteiger partial charge in [-0.15, -0.1) is 0 Å². The van der Waals surface area contributed by atoms with E-state index in [1.807, 2.05) is 0 Å². The SMILES string of the molecule is N#Cc1ccc(-c2cc(F)cc(F)c2)o1. The third-order valence-corrected chi connectivity index (χ3v) is 1.86. The zero-order valence-electron chi connectivity index (χ0n) is 7.50. The Balaban J connectivity index is 2.50. The lowest BCUT2D eigenvalue weighted by Gasteiger charge is -1.97. The molecule has 0 amide bonds. The molecule has 74 valence electrons. The predicted molar refractivity (Wildman–Crippen MR) is 48.8 cm³/mol. The van der Waals surface area contributed by atoms with Crippen LogP contribution in [0.1, 0.15) is 5.76 Å².